The average Bonchev–Trinajstić information content (AvgIpc) is 2.62. The molecular formula is C19H28N4O2. The van der Waals surface area contributed by atoms with Crippen LogP contribution in [0, 0.1) is 11.3 Å². The second-order valence-electron chi connectivity index (χ2n) is 6.99. The van der Waals surface area contributed by atoms with Gasteiger partial charge < -0.3 is 20.6 Å². The van der Waals surface area contributed by atoms with Crippen molar-refractivity contribution >= 4 is 11.7 Å². The summed E-state index contributed by atoms with van der Waals surface area (Å²) in [7, 11) is 0. The van der Waals surface area contributed by atoms with Crippen molar-refractivity contribution in [3.63, 3.8) is 0 Å². The third-order valence-electron chi connectivity index (χ3n) is 4.76. The first kappa shape index (κ1) is 19.1. The molecule has 1 aromatic rings. The van der Waals surface area contributed by atoms with Crippen molar-refractivity contribution in [2.45, 2.75) is 51.1 Å². The lowest BCUT2D eigenvalue weighted by Crippen LogP contribution is -2.55. The Labute approximate surface area is 149 Å². The molecule has 136 valence electrons. The van der Waals surface area contributed by atoms with Crippen LogP contribution in [-0.4, -0.2) is 42.4 Å². The molecular weight excluding hydrogens is 316 g/mol. The quantitative estimate of drug-likeness (QED) is 0.739. The zero-order valence-electron chi connectivity index (χ0n) is 15.1. The maximum absolute atomic E-state index is 12.2. The van der Waals surface area contributed by atoms with Gasteiger partial charge >= 0.3 is 6.03 Å². The smallest absolute Gasteiger partial charge is 0.315 e. The molecule has 1 aromatic carbocycles. The van der Waals surface area contributed by atoms with Gasteiger partial charge in [-0.3, -0.25) is 0 Å². The van der Waals surface area contributed by atoms with E-state index in [0.29, 0.717) is 5.56 Å². The number of nitrogens with zero attached hydrogens (tertiary/aromatic N) is 2. The van der Waals surface area contributed by atoms with Gasteiger partial charge in [-0.15, -0.1) is 0 Å². The van der Waals surface area contributed by atoms with Crippen LogP contribution in [0.5, 0.6) is 0 Å². The fourth-order valence-corrected chi connectivity index (χ4v) is 3.26. The van der Waals surface area contributed by atoms with E-state index in [1.807, 2.05) is 38.1 Å². The Morgan fingerprint density at radius 3 is 2.52 bits per heavy atom. The van der Waals surface area contributed by atoms with Crippen LogP contribution < -0.4 is 15.5 Å². The summed E-state index contributed by atoms with van der Waals surface area (Å²) in [6.07, 6.45) is 3.39. The predicted molar refractivity (Wildman–Crippen MR) is 98.5 cm³/mol. The zero-order valence-corrected chi connectivity index (χ0v) is 15.1. The van der Waals surface area contributed by atoms with Gasteiger partial charge in [0.25, 0.3) is 0 Å². The average molecular weight is 344 g/mol. The zero-order chi connectivity index (χ0) is 18.3. The van der Waals surface area contributed by atoms with Gasteiger partial charge in [0, 0.05) is 24.8 Å². The standard InChI is InChI=1S/C19H28N4O2/c1-3-10-19(2,14-24)22-18(25)21-16-8-11-23(12-9-16)17-6-4-15(13-20)5-7-17/h4-7,16,24H,3,8-12,14H2,1-2H3,(H2,21,22,25). The fraction of sp³-hybridized carbons (Fsp3) is 0.579. The number of nitriles is 1. The SMILES string of the molecule is CCCC(C)(CO)NC(=O)NC1CCN(c2ccc(C#N)cc2)CC1. The highest BCUT2D eigenvalue weighted by atomic mass is 16.3. The van der Waals surface area contributed by atoms with E-state index in [2.05, 4.69) is 21.6 Å². The van der Waals surface area contributed by atoms with E-state index in [1.165, 1.54) is 0 Å². The van der Waals surface area contributed by atoms with Gasteiger partial charge in [-0.2, -0.15) is 5.26 Å². The largest absolute Gasteiger partial charge is 0.394 e. The van der Waals surface area contributed by atoms with Crippen LogP contribution in [0.3, 0.4) is 0 Å². The van der Waals surface area contributed by atoms with Crippen molar-refractivity contribution in [3.05, 3.63) is 29.8 Å². The number of carbonyl (C=O) groups is 1. The van der Waals surface area contributed by atoms with E-state index < -0.39 is 5.54 Å². The van der Waals surface area contributed by atoms with Crippen LogP contribution in [0.1, 0.15) is 45.1 Å². The molecule has 2 rings (SSSR count). The van der Waals surface area contributed by atoms with E-state index in [-0.39, 0.29) is 18.7 Å². The number of urea groups is 1. The summed E-state index contributed by atoms with van der Waals surface area (Å²) in [5, 5.41) is 24.3. The Kier molecular flexibility index (Phi) is 6.65. The number of carbonyl (C=O) groups excluding carboxylic acids is 1. The summed E-state index contributed by atoms with van der Waals surface area (Å²) in [6, 6.07) is 9.66. The van der Waals surface area contributed by atoms with Crippen LogP contribution in [-0.2, 0) is 0 Å². The maximum Gasteiger partial charge on any atom is 0.315 e. The van der Waals surface area contributed by atoms with Crippen molar-refractivity contribution in [2.24, 2.45) is 0 Å². The van der Waals surface area contributed by atoms with Gasteiger partial charge in [0.2, 0.25) is 0 Å². The lowest BCUT2D eigenvalue weighted by Gasteiger charge is -2.35. The van der Waals surface area contributed by atoms with E-state index >= 15 is 0 Å². The van der Waals surface area contributed by atoms with Crippen molar-refractivity contribution in [1.29, 1.82) is 5.26 Å². The number of rotatable bonds is 6. The highest BCUT2D eigenvalue weighted by Crippen LogP contribution is 2.20. The molecule has 1 aliphatic heterocycles. The number of aliphatic hydroxyl groups excluding tert-OH is 1. The third-order valence-corrected chi connectivity index (χ3v) is 4.76. The number of hydrogen-bond donors (Lipinski definition) is 3. The Morgan fingerprint density at radius 2 is 2.00 bits per heavy atom. The fourth-order valence-electron chi connectivity index (χ4n) is 3.26. The molecule has 0 radical (unpaired) electrons. The van der Waals surface area contributed by atoms with E-state index in [0.717, 1.165) is 44.5 Å². The molecule has 3 N–H and O–H groups in total. The first-order chi connectivity index (χ1) is 12.0. The molecule has 6 nitrogen and oxygen atoms in total. The van der Waals surface area contributed by atoms with Gasteiger partial charge in [0.05, 0.1) is 23.8 Å². The highest BCUT2D eigenvalue weighted by Gasteiger charge is 2.26. The minimum Gasteiger partial charge on any atom is -0.394 e. The Bertz CT molecular complexity index is 603. The summed E-state index contributed by atoms with van der Waals surface area (Å²) in [6.45, 7) is 5.56. The first-order valence-corrected chi connectivity index (χ1v) is 8.94. The van der Waals surface area contributed by atoms with Crippen molar-refractivity contribution in [1.82, 2.24) is 10.6 Å². The molecule has 1 unspecified atom stereocenters. The number of anilines is 1. The van der Waals surface area contributed by atoms with Gasteiger partial charge in [-0.1, -0.05) is 13.3 Å². The molecule has 1 saturated heterocycles. The summed E-state index contributed by atoms with van der Waals surface area (Å²) >= 11 is 0. The molecule has 25 heavy (non-hydrogen) atoms. The van der Waals surface area contributed by atoms with Gasteiger partial charge in [-0.25, -0.2) is 4.79 Å². The second-order valence-corrected chi connectivity index (χ2v) is 6.99. The van der Waals surface area contributed by atoms with Gasteiger partial charge in [0.15, 0.2) is 0 Å². The molecule has 2 amide bonds. The number of nitrogens with one attached hydrogen (secondary N) is 2. The monoisotopic (exact) mass is 344 g/mol. The number of hydrogen-bond acceptors (Lipinski definition) is 4. The Balaban J connectivity index is 1.81. The summed E-state index contributed by atoms with van der Waals surface area (Å²) < 4.78 is 0. The molecule has 1 fully saturated rings. The summed E-state index contributed by atoms with van der Waals surface area (Å²) in [5.74, 6) is 0. The lowest BCUT2D eigenvalue weighted by atomic mass is 9.97. The third kappa shape index (κ3) is 5.36. The molecule has 0 saturated carbocycles. The number of amides is 2. The predicted octanol–water partition coefficient (Wildman–Crippen LogP) is 2.38. The lowest BCUT2D eigenvalue weighted by molar-refractivity contribution is 0.161. The number of benzene rings is 1. The molecule has 6 heteroatoms. The minimum absolute atomic E-state index is 0.0641. The van der Waals surface area contributed by atoms with E-state index in [9.17, 15) is 9.90 Å². The highest BCUT2D eigenvalue weighted by molar-refractivity contribution is 5.75. The van der Waals surface area contributed by atoms with Crippen molar-refractivity contribution < 1.29 is 9.90 Å². The topological polar surface area (TPSA) is 88.4 Å². The van der Waals surface area contributed by atoms with Crippen molar-refractivity contribution in [2.75, 3.05) is 24.6 Å². The van der Waals surface area contributed by atoms with Crippen LogP contribution in [0.4, 0.5) is 10.5 Å². The van der Waals surface area contributed by atoms with Gasteiger partial charge in [0.1, 0.15) is 0 Å². The molecule has 1 atom stereocenters. The molecule has 0 aromatic heterocycles. The number of aliphatic hydroxyl groups is 1. The summed E-state index contributed by atoms with van der Waals surface area (Å²) in [4.78, 5) is 14.5. The van der Waals surface area contributed by atoms with Crippen LogP contribution >= 0.6 is 0 Å². The first-order valence-electron chi connectivity index (χ1n) is 8.94. The van der Waals surface area contributed by atoms with Crippen molar-refractivity contribution in [3.8, 4) is 6.07 Å². The molecule has 1 heterocycles. The molecule has 0 bridgehead atoms. The second kappa shape index (κ2) is 8.72. The molecule has 0 spiro atoms. The maximum atomic E-state index is 12.2. The van der Waals surface area contributed by atoms with E-state index in [4.69, 9.17) is 5.26 Å². The molecule has 0 aliphatic carbocycles. The van der Waals surface area contributed by atoms with Crippen LogP contribution in [0.25, 0.3) is 0 Å². The van der Waals surface area contributed by atoms with Gasteiger partial charge in [-0.05, 0) is 50.5 Å². The Morgan fingerprint density at radius 1 is 1.36 bits per heavy atom. The number of piperidine rings is 1. The van der Waals surface area contributed by atoms with E-state index in [1.54, 1.807) is 0 Å². The van der Waals surface area contributed by atoms with Crippen LogP contribution in [0.2, 0.25) is 0 Å². The molecule has 1 aliphatic rings. The summed E-state index contributed by atoms with van der Waals surface area (Å²) in [5.41, 5.74) is 1.20. The Hall–Kier alpha value is -2.26. The normalized spacial score (nSPS) is 17.4. The minimum atomic E-state index is -0.567. The van der Waals surface area contributed by atoms with Crippen LogP contribution in [0.15, 0.2) is 24.3 Å².